The van der Waals surface area contributed by atoms with Gasteiger partial charge in [-0.3, -0.25) is 4.79 Å². The fraction of sp³-hybridized carbons (Fsp3) is 0.217. The Labute approximate surface area is 170 Å². The first kappa shape index (κ1) is 18.9. The third kappa shape index (κ3) is 4.06. The highest BCUT2D eigenvalue weighted by atomic mass is 19.1. The van der Waals surface area contributed by atoms with Gasteiger partial charge in [0, 0.05) is 50.7 Å². The van der Waals surface area contributed by atoms with Crippen molar-refractivity contribution in [2.45, 2.75) is 0 Å². The van der Waals surface area contributed by atoms with Gasteiger partial charge in [0.1, 0.15) is 11.6 Å². The van der Waals surface area contributed by atoms with E-state index in [1.165, 1.54) is 6.07 Å². The molecule has 4 rings (SSSR count). The number of para-hydroxylation sites is 2. The van der Waals surface area contributed by atoms with Gasteiger partial charge < -0.3 is 14.7 Å². The lowest BCUT2D eigenvalue weighted by molar-refractivity contribution is 0.0746. The Bertz CT molecular complexity index is 987. The summed E-state index contributed by atoms with van der Waals surface area (Å²) in [6.45, 7) is 2.32. The van der Waals surface area contributed by atoms with E-state index >= 15 is 0 Å². The molecular weight excluding hydrogens is 367 g/mol. The highest BCUT2D eigenvalue weighted by molar-refractivity contribution is 5.95. The standard InChI is InChI=1S/C23H23FN4O/c1-26(19-7-3-2-4-8-19)22-17-18(11-12-25-22)23(29)28-15-13-27(14-16-28)21-10-6-5-9-20(21)24/h2-12,17H,13-16H2,1H3. The molecular formula is C23H23FN4O. The molecule has 0 saturated carbocycles. The zero-order valence-electron chi connectivity index (χ0n) is 16.3. The first-order valence-electron chi connectivity index (χ1n) is 9.67. The molecule has 1 amide bonds. The summed E-state index contributed by atoms with van der Waals surface area (Å²) in [6.07, 6.45) is 1.66. The summed E-state index contributed by atoms with van der Waals surface area (Å²) in [6, 6.07) is 20.2. The maximum absolute atomic E-state index is 14.0. The normalized spacial score (nSPS) is 14.0. The number of hydrogen-bond donors (Lipinski definition) is 0. The smallest absolute Gasteiger partial charge is 0.254 e. The number of anilines is 3. The zero-order valence-corrected chi connectivity index (χ0v) is 16.3. The number of carbonyl (C=O) groups excluding carboxylic acids is 1. The number of halogens is 1. The van der Waals surface area contributed by atoms with Crippen LogP contribution in [0.2, 0.25) is 0 Å². The number of hydrogen-bond acceptors (Lipinski definition) is 4. The quantitative estimate of drug-likeness (QED) is 0.676. The number of pyridine rings is 1. The monoisotopic (exact) mass is 390 g/mol. The van der Waals surface area contributed by atoms with Crippen LogP contribution in [-0.2, 0) is 0 Å². The van der Waals surface area contributed by atoms with Crippen LogP contribution in [0.5, 0.6) is 0 Å². The lowest BCUT2D eigenvalue weighted by Crippen LogP contribution is -2.49. The second kappa shape index (κ2) is 8.31. The summed E-state index contributed by atoms with van der Waals surface area (Å²) in [5.74, 6) is 0.463. The fourth-order valence-electron chi connectivity index (χ4n) is 3.56. The highest BCUT2D eigenvalue weighted by Gasteiger charge is 2.24. The van der Waals surface area contributed by atoms with E-state index in [2.05, 4.69) is 4.98 Å². The molecule has 0 aliphatic carbocycles. The van der Waals surface area contributed by atoms with Crippen molar-refractivity contribution in [3.63, 3.8) is 0 Å². The second-order valence-electron chi connectivity index (χ2n) is 7.03. The molecule has 1 aliphatic heterocycles. The van der Waals surface area contributed by atoms with Gasteiger partial charge in [0.25, 0.3) is 5.91 Å². The highest BCUT2D eigenvalue weighted by Crippen LogP contribution is 2.23. The van der Waals surface area contributed by atoms with Gasteiger partial charge in [-0.15, -0.1) is 0 Å². The molecule has 3 aromatic rings. The Kier molecular flexibility index (Phi) is 5.42. The third-order valence-electron chi connectivity index (χ3n) is 5.24. The van der Waals surface area contributed by atoms with E-state index in [0.717, 1.165) is 5.69 Å². The lowest BCUT2D eigenvalue weighted by Gasteiger charge is -2.36. The van der Waals surface area contributed by atoms with Gasteiger partial charge in [0.15, 0.2) is 0 Å². The molecule has 148 valence electrons. The van der Waals surface area contributed by atoms with Gasteiger partial charge in [-0.2, -0.15) is 0 Å². The molecule has 1 fully saturated rings. The van der Waals surface area contributed by atoms with E-state index in [1.807, 2.05) is 64.2 Å². The number of amides is 1. The number of piperazine rings is 1. The average molecular weight is 390 g/mol. The van der Waals surface area contributed by atoms with E-state index in [9.17, 15) is 9.18 Å². The Morgan fingerprint density at radius 3 is 2.38 bits per heavy atom. The van der Waals surface area contributed by atoms with Crippen LogP contribution >= 0.6 is 0 Å². The van der Waals surface area contributed by atoms with Crippen LogP contribution in [0, 0.1) is 5.82 Å². The van der Waals surface area contributed by atoms with E-state index in [0.29, 0.717) is 43.2 Å². The van der Waals surface area contributed by atoms with Gasteiger partial charge in [-0.25, -0.2) is 9.37 Å². The Hall–Kier alpha value is -3.41. The van der Waals surface area contributed by atoms with Gasteiger partial charge in [0.2, 0.25) is 0 Å². The van der Waals surface area contributed by atoms with Crippen molar-refractivity contribution in [1.29, 1.82) is 0 Å². The molecule has 5 nitrogen and oxygen atoms in total. The van der Waals surface area contributed by atoms with Crippen LogP contribution in [-0.4, -0.2) is 49.0 Å². The van der Waals surface area contributed by atoms with E-state index < -0.39 is 0 Å². The summed E-state index contributed by atoms with van der Waals surface area (Å²) in [4.78, 5) is 23.2. The van der Waals surface area contributed by atoms with E-state index in [1.54, 1.807) is 24.4 Å². The van der Waals surface area contributed by atoms with Crippen LogP contribution in [0.15, 0.2) is 72.9 Å². The minimum absolute atomic E-state index is 0.0247. The molecule has 0 radical (unpaired) electrons. The van der Waals surface area contributed by atoms with E-state index in [4.69, 9.17) is 0 Å². The Morgan fingerprint density at radius 2 is 1.66 bits per heavy atom. The van der Waals surface area contributed by atoms with Crippen molar-refractivity contribution in [3.05, 3.63) is 84.3 Å². The number of aromatic nitrogens is 1. The Balaban J connectivity index is 1.45. The lowest BCUT2D eigenvalue weighted by atomic mass is 10.2. The molecule has 0 unspecified atom stereocenters. The first-order valence-corrected chi connectivity index (χ1v) is 9.67. The van der Waals surface area contributed by atoms with Crippen LogP contribution < -0.4 is 9.80 Å². The van der Waals surface area contributed by atoms with Crippen LogP contribution in [0.25, 0.3) is 0 Å². The molecule has 0 atom stereocenters. The number of rotatable bonds is 4. The SMILES string of the molecule is CN(c1ccccc1)c1cc(C(=O)N2CCN(c3ccccc3F)CC2)ccn1. The molecule has 2 aromatic carbocycles. The minimum atomic E-state index is -0.227. The van der Waals surface area contributed by atoms with Crippen LogP contribution in [0.3, 0.4) is 0 Å². The van der Waals surface area contributed by atoms with Crippen molar-refractivity contribution < 1.29 is 9.18 Å². The van der Waals surface area contributed by atoms with Crippen molar-refractivity contribution in [1.82, 2.24) is 9.88 Å². The molecule has 0 bridgehead atoms. The molecule has 1 aromatic heterocycles. The summed E-state index contributed by atoms with van der Waals surface area (Å²) in [5, 5.41) is 0. The first-order chi connectivity index (χ1) is 14.1. The van der Waals surface area contributed by atoms with Crippen LogP contribution in [0.4, 0.5) is 21.6 Å². The second-order valence-corrected chi connectivity index (χ2v) is 7.03. The fourth-order valence-corrected chi connectivity index (χ4v) is 3.56. The van der Waals surface area contributed by atoms with Crippen molar-refractivity contribution in [2.24, 2.45) is 0 Å². The van der Waals surface area contributed by atoms with Crippen LogP contribution in [0.1, 0.15) is 10.4 Å². The molecule has 2 heterocycles. The average Bonchev–Trinajstić information content (AvgIpc) is 2.79. The summed E-state index contributed by atoms with van der Waals surface area (Å²) in [5.41, 5.74) is 2.20. The summed E-state index contributed by atoms with van der Waals surface area (Å²) in [7, 11) is 1.93. The molecule has 1 saturated heterocycles. The minimum Gasteiger partial charge on any atom is -0.366 e. The van der Waals surface area contributed by atoms with Crippen molar-refractivity contribution in [2.75, 3.05) is 43.0 Å². The third-order valence-corrected chi connectivity index (χ3v) is 5.24. The topological polar surface area (TPSA) is 39.7 Å². The van der Waals surface area contributed by atoms with Crippen molar-refractivity contribution in [3.8, 4) is 0 Å². The van der Waals surface area contributed by atoms with Gasteiger partial charge >= 0.3 is 0 Å². The molecule has 6 heteroatoms. The van der Waals surface area contributed by atoms with Crippen molar-refractivity contribution >= 4 is 23.1 Å². The van der Waals surface area contributed by atoms with E-state index in [-0.39, 0.29) is 11.7 Å². The number of benzene rings is 2. The van der Waals surface area contributed by atoms with Gasteiger partial charge in [-0.1, -0.05) is 30.3 Å². The maximum atomic E-state index is 14.0. The van der Waals surface area contributed by atoms with Gasteiger partial charge in [0.05, 0.1) is 5.69 Å². The summed E-state index contributed by atoms with van der Waals surface area (Å²) < 4.78 is 14.0. The molecule has 1 aliphatic rings. The molecule has 0 N–H and O–H groups in total. The summed E-state index contributed by atoms with van der Waals surface area (Å²) >= 11 is 0. The molecule has 0 spiro atoms. The zero-order chi connectivity index (χ0) is 20.2. The number of nitrogens with zero attached hydrogens (tertiary/aromatic N) is 4. The predicted octanol–water partition coefficient (Wildman–Crippen LogP) is 3.95. The van der Waals surface area contributed by atoms with Gasteiger partial charge in [-0.05, 0) is 36.4 Å². The molecule has 29 heavy (non-hydrogen) atoms. The maximum Gasteiger partial charge on any atom is 0.254 e. The number of carbonyl (C=O) groups is 1. The predicted molar refractivity (Wildman–Crippen MR) is 113 cm³/mol. The Morgan fingerprint density at radius 1 is 0.966 bits per heavy atom. The largest absolute Gasteiger partial charge is 0.366 e.